The molecule has 1 N–H and O–H groups in total. The van der Waals surface area contributed by atoms with Crippen molar-refractivity contribution in [1.29, 1.82) is 0 Å². The smallest absolute Gasteiger partial charge is 0.305 e. The average molecular weight is 548 g/mol. The van der Waals surface area contributed by atoms with Gasteiger partial charge in [-0.05, 0) is 66.3 Å². The molecule has 0 heterocycles. The Labute approximate surface area is 232 Å². The van der Waals surface area contributed by atoms with Gasteiger partial charge in [-0.25, -0.2) is 13.1 Å². The second kappa shape index (κ2) is 14.2. The van der Waals surface area contributed by atoms with Crippen LogP contribution in [-0.2, 0) is 30.9 Å². The molecule has 1 saturated carbocycles. The number of ether oxygens (including phenoxy) is 2. The Kier molecular flexibility index (Phi) is 10.5. The second-order valence-electron chi connectivity index (χ2n) is 9.90. The molecule has 1 fully saturated rings. The molecule has 3 aromatic rings. The number of carbonyl (C=O) groups is 1. The number of allylic oxidation sites excluding steroid dienone is 2. The summed E-state index contributed by atoms with van der Waals surface area (Å²) >= 11 is 0. The van der Waals surface area contributed by atoms with Gasteiger partial charge in [0.1, 0.15) is 0 Å². The number of hydrogen-bond acceptors (Lipinski definition) is 5. The van der Waals surface area contributed by atoms with Crippen LogP contribution in [0.1, 0.15) is 37.7 Å². The van der Waals surface area contributed by atoms with Gasteiger partial charge in [-0.3, -0.25) is 4.79 Å². The number of rotatable bonds is 13. The van der Waals surface area contributed by atoms with Crippen LogP contribution in [-0.4, -0.2) is 34.1 Å². The molecule has 1 aliphatic carbocycles. The highest BCUT2D eigenvalue weighted by atomic mass is 32.2. The molecule has 0 aliphatic heterocycles. The van der Waals surface area contributed by atoms with Gasteiger partial charge in [-0.15, -0.1) is 0 Å². The molecule has 0 spiro atoms. The molecule has 39 heavy (non-hydrogen) atoms. The summed E-state index contributed by atoms with van der Waals surface area (Å²) in [7, 11) is -2.18. The van der Waals surface area contributed by atoms with E-state index in [0.717, 1.165) is 24.8 Å². The predicted molar refractivity (Wildman–Crippen MR) is 153 cm³/mol. The minimum Gasteiger partial charge on any atom is -0.469 e. The van der Waals surface area contributed by atoms with Gasteiger partial charge in [0.05, 0.1) is 24.7 Å². The van der Waals surface area contributed by atoms with Crippen molar-refractivity contribution in [1.82, 2.24) is 4.72 Å². The highest BCUT2D eigenvalue weighted by Gasteiger charge is 2.36. The molecular weight excluding hydrogens is 510 g/mol. The van der Waals surface area contributed by atoms with Crippen molar-refractivity contribution in [2.75, 3.05) is 13.7 Å². The van der Waals surface area contributed by atoms with E-state index in [4.69, 9.17) is 9.47 Å². The Hall–Kier alpha value is -3.26. The number of esters is 1. The molecule has 1 aliphatic rings. The van der Waals surface area contributed by atoms with E-state index in [1.54, 1.807) is 30.3 Å². The van der Waals surface area contributed by atoms with E-state index >= 15 is 0 Å². The molecule has 4 rings (SSSR count). The summed E-state index contributed by atoms with van der Waals surface area (Å²) in [6.07, 6.45) is 7.59. The van der Waals surface area contributed by atoms with E-state index in [2.05, 4.69) is 47.2 Å². The van der Waals surface area contributed by atoms with Crippen LogP contribution in [0.25, 0.3) is 11.1 Å². The first-order chi connectivity index (χ1) is 19.0. The second-order valence-corrected chi connectivity index (χ2v) is 11.7. The lowest BCUT2D eigenvalue weighted by molar-refractivity contribution is -0.140. The Morgan fingerprint density at radius 3 is 2.26 bits per heavy atom. The largest absolute Gasteiger partial charge is 0.469 e. The predicted octanol–water partition coefficient (Wildman–Crippen LogP) is 6.14. The van der Waals surface area contributed by atoms with E-state index in [1.807, 2.05) is 24.3 Å². The molecule has 6 nitrogen and oxygen atoms in total. The highest BCUT2D eigenvalue weighted by Crippen LogP contribution is 2.37. The first-order valence-corrected chi connectivity index (χ1v) is 15.0. The molecule has 3 aromatic carbocycles. The van der Waals surface area contributed by atoms with Crippen molar-refractivity contribution >= 4 is 16.0 Å². The van der Waals surface area contributed by atoms with Gasteiger partial charge < -0.3 is 9.47 Å². The molecule has 0 bridgehead atoms. The average Bonchev–Trinajstić information content (AvgIpc) is 3.37. The molecule has 3 atom stereocenters. The van der Waals surface area contributed by atoms with Gasteiger partial charge in [0.2, 0.25) is 10.0 Å². The third-order valence-electron chi connectivity index (χ3n) is 7.34. The molecule has 0 aromatic heterocycles. The Morgan fingerprint density at radius 2 is 1.56 bits per heavy atom. The fourth-order valence-electron chi connectivity index (χ4n) is 5.12. The SMILES string of the molecule is COC(=O)CCC=CC[C@@H]1[C@@H](CNS(=O)(=O)c2ccccc2)CC[C@@H]1OCc1ccc(-c2ccccc2)cc1. The molecule has 0 unspecified atom stereocenters. The fourth-order valence-corrected chi connectivity index (χ4v) is 6.23. The molecule has 0 amide bonds. The normalized spacial score (nSPS) is 19.4. The molecule has 0 saturated heterocycles. The van der Waals surface area contributed by atoms with Crippen molar-refractivity contribution in [3.05, 3.63) is 103 Å². The highest BCUT2D eigenvalue weighted by molar-refractivity contribution is 7.89. The number of hydrogen-bond donors (Lipinski definition) is 1. The summed E-state index contributed by atoms with van der Waals surface area (Å²) in [5.41, 5.74) is 3.46. The zero-order valence-corrected chi connectivity index (χ0v) is 23.2. The van der Waals surface area contributed by atoms with Gasteiger partial charge in [-0.2, -0.15) is 0 Å². The maximum Gasteiger partial charge on any atom is 0.305 e. The van der Waals surface area contributed by atoms with Crippen molar-refractivity contribution in [2.45, 2.75) is 49.7 Å². The molecular formula is C32H37NO5S. The third-order valence-corrected chi connectivity index (χ3v) is 8.78. The van der Waals surface area contributed by atoms with Crippen molar-refractivity contribution in [3.8, 4) is 11.1 Å². The summed E-state index contributed by atoms with van der Waals surface area (Å²) in [5, 5.41) is 0. The van der Waals surface area contributed by atoms with Gasteiger partial charge in [-0.1, -0.05) is 84.9 Å². The lowest BCUT2D eigenvalue weighted by Gasteiger charge is -2.24. The molecule has 0 radical (unpaired) electrons. The number of nitrogens with one attached hydrogen (secondary N) is 1. The van der Waals surface area contributed by atoms with Gasteiger partial charge in [0, 0.05) is 13.0 Å². The van der Waals surface area contributed by atoms with Gasteiger partial charge in [0.25, 0.3) is 0 Å². The lowest BCUT2D eigenvalue weighted by Crippen LogP contribution is -2.33. The van der Waals surface area contributed by atoms with Crippen LogP contribution < -0.4 is 4.72 Å². The maximum absolute atomic E-state index is 12.8. The van der Waals surface area contributed by atoms with E-state index < -0.39 is 10.0 Å². The number of benzene rings is 3. The summed E-state index contributed by atoms with van der Waals surface area (Å²) in [6.45, 7) is 0.869. The van der Waals surface area contributed by atoms with E-state index in [0.29, 0.717) is 26.0 Å². The maximum atomic E-state index is 12.8. The summed E-state index contributed by atoms with van der Waals surface area (Å²) in [4.78, 5) is 11.7. The van der Waals surface area contributed by atoms with Crippen molar-refractivity contribution < 1.29 is 22.7 Å². The zero-order valence-electron chi connectivity index (χ0n) is 22.4. The third kappa shape index (κ3) is 8.36. The topological polar surface area (TPSA) is 81.7 Å². The number of sulfonamides is 1. The van der Waals surface area contributed by atoms with E-state index in [-0.39, 0.29) is 28.8 Å². The first-order valence-electron chi connectivity index (χ1n) is 13.5. The Morgan fingerprint density at radius 1 is 0.897 bits per heavy atom. The van der Waals surface area contributed by atoms with Crippen LogP contribution in [0.2, 0.25) is 0 Å². The standard InChI is InChI=1S/C32H37NO5S/c1-37-32(34)16-10-4-9-15-30-28(23-33-39(35,36)29-13-7-3-8-14-29)21-22-31(30)38-24-25-17-19-27(20-18-25)26-11-5-2-6-12-26/h2-9,11-14,17-20,28,30-31,33H,10,15-16,21-24H2,1H3/t28-,30-,31+/m1/s1. The fraction of sp³-hybridized carbons (Fsp3) is 0.344. The van der Waals surface area contributed by atoms with Crippen LogP contribution in [0.15, 0.2) is 102 Å². The number of methoxy groups -OCH3 is 1. The van der Waals surface area contributed by atoms with Crippen LogP contribution >= 0.6 is 0 Å². The van der Waals surface area contributed by atoms with Crippen molar-refractivity contribution in [3.63, 3.8) is 0 Å². The van der Waals surface area contributed by atoms with E-state index in [1.165, 1.54) is 18.2 Å². The minimum absolute atomic E-state index is 0.0234. The molecule has 206 valence electrons. The zero-order chi connectivity index (χ0) is 27.5. The van der Waals surface area contributed by atoms with E-state index in [9.17, 15) is 13.2 Å². The van der Waals surface area contributed by atoms with Crippen molar-refractivity contribution in [2.24, 2.45) is 11.8 Å². The van der Waals surface area contributed by atoms with Crippen LogP contribution in [0.3, 0.4) is 0 Å². The Balaban J connectivity index is 1.38. The summed E-state index contributed by atoms with van der Waals surface area (Å²) in [5.74, 6) is 0.0915. The lowest BCUT2D eigenvalue weighted by atomic mass is 9.91. The monoisotopic (exact) mass is 547 g/mol. The quantitative estimate of drug-likeness (QED) is 0.205. The minimum atomic E-state index is -3.57. The first kappa shape index (κ1) is 28.7. The Bertz CT molecular complexity index is 1310. The summed E-state index contributed by atoms with van der Waals surface area (Å²) in [6, 6.07) is 27.2. The van der Waals surface area contributed by atoms with Crippen LogP contribution in [0.5, 0.6) is 0 Å². The van der Waals surface area contributed by atoms with Gasteiger partial charge in [0.15, 0.2) is 0 Å². The van der Waals surface area contributed by atoms with Crippen LogP contribution in [0, 0.1) is 11.8 Å². The summed E-state index contributed by atoms with van der Waals surface area (Å²) < 4.78 is 39.6. The number of carbonyl (C=O) groups excluding carboxylic acids is 1. The molecule has 7 heteroatoms. The van der Waals surface area contributed by atoms with Crippen LogP contribution in [0.4, 0.5) is 0 Å². The van der Waals surface area contributed by atoms with Gasteiger partial charge >= 0.3 is 5.97 Å².